The van der Waals surface area contributed by atoms with Gasteiger partial charge >= 0.3 is 0 Å². The molecule has 0 spiro atoms. The first-order valence-electron chi connectivity index (χ1n) is 3.90. The van der Waals surface area contributed by atoms with Gasteiger partial charge in [0.15, 0.2) is 0 Å². The van der Waals surface area contributed by atoms with Gasteiger partial charge in [0.05, 0.1) is 6.10 Å². The summed E-state index contributed by atoms with van der Waals surface area (Å²) in [5.74, 6) is 1.26. The summed E-state index contributed by atoms with van der Waals surface area (Å²) >= 11 is 0. The fourth-order valence-electron chi connectivity index (χ4n) is 1.55. The summed E-state index contributed by atoms with van der Waals surface area (Å²) in [6.07, 6.45) is 3.52. The number of hydrogen-bond acceptors (Lipinski definition) is 1. The second-order valence-electron chi connectivity index (χ2n) is 3.33. The second-order valence-corrected chi connectivity index (χ2v) is 3.33. The Labute approximate surface area is 75.4 Å². The van der Waals surface area contributed by atoms with Gasteiger partial charge in [-0.1, -0.05) is 26.7 Å². The molecule has 1 aliphatic carbocycles. The van der Waals surface area contributed by atoms with Crippen LogP contribution in [0.4, 0.5) is 0 Å². The van der Waals surface area contributed by atoms with Gasteiger partial charge in [-0.3, -0.25) is 0 Å². The average molecular weight is 135 g/mol. The van der Waals surface area contributed by atoms with E-state index in [2.05, 4.69) is 13.8 Å². The second kappa shape index (κ2) is 4.44. The Bertz CT molecular complexity index is 85.3. The van der Waals surface area contributed by atoms with E-state index in [9.17, 15) is 5.11 Å². The molecule has 1 nitrogen and oxygen atoms in total. The fraction of sp³-hybridized carbons (Fsp3) is 1.00. The van der Waals surface area contributed by atoms with Crippen LogP contribution in [0.3, 0.4) is 0 Å². The quantitative estimate of drug-likeness (QED) is 0.498. The Hall–Kier alpha value is 0.557. The van der Waals surface area contributed by atoms with Gasteiger partial charge in [0.2, 0.25) is 0 Å². The zero-order chi connectivity index (χ0) is 6.85. The monoisotopic (exact) mass is 135 g/mol. The number of aliphatic hydroxyl groups is 1. The van der Waals surface area contributed by atoms with Crippen molar-refractivity contribution >= 4 is 18.9 Å². The minimum atomic E-state index is -0.0197. The molecule has 1 aliphatic rings. The molecule has 1 fully saturated rings. The molecule has 0 aliphatic heterocycles. The fourth-order valence-corrected chi connectivity index (χ4v) is 1.55. The summed E-state index contributed by atoms with van der Waals surface area (Å²) in [4.78, 5) is 0. The Morgan fingerprint density at radius 2 is 1.80 bits per heavy atom. The molecule has 0 aromatic carbocycles. The van der Waals surface area contributed by atoms with E-state index in [0.717, 1.165) is 12.3 Å². The summed E-state index contributed by atoms with van der Waals surface area (Å²) in [5.41, 5.74) is 0. The van der Waals surface area contributed by atoms with Crippen LogP contribution in [-0.2, 0) is 0 Å². The maximum Gasteiger partial charge on any atom is 0.0568 e. The van der Waals surface area contributed by atoms with Crippen LogP contribution in [0.15, 0.2) is 0 Å². The van der Waals surface area contributed by atoms with E-state index in [1.807, 2.05) is 0 Å². The van der Waals surface area contributed by atoms with Gasteiger partial charge in [-0.25, -0.2) is 0 Å². The Morgan fingerprint density at radius 3 is 2.20 bits per heavy atom. The van der Waals surface area contributed by atoms with Crippen molar-refractivity contribution in [2.24, 2.45) is 11.8 Å². The Morgan fingerprint density at radius 1 is 1.20 bits per heavy atom. The van der Waals surface area contributed by atoms with E-state index >= 15 is 0 Å². The third kappa shape index (κ3) is 2.31. The molecule has 10 heavy (non-hydrogen) atoms. The molecule has 0 aromatic rings. The molecule has 0 aromatic heterocycles. The Kier molecular flexibility index (Phi) is 4.69. The molecule has 0 saturated heterocycles. The maximum absolute atomic E-state index is 9.35. The van der Waals surface area contributed by atoms with E-state index in [1.54, 1.807) is 0 Å². The van der Waals surface area contributed by atoms with Gasteiger partial charge in [0, 0.05) is 18.9 Å². The van der Waals surface area contributed by atoms with Gasteiger partial charge in [0.1, 0.15) is 0 Å². The van der Waals surface area contributed by atoms with Gasteiger partial charge in [-0.15, -0.1) is 0 Å². The molecule has 0 amide bonds. The number of hydrogen-bond donors (Lipinski definition) is 1. The largest absolute Gasteiger partial charge is 0.393 e. The SMILES string of the molecule is CC1CCCC(O)C1C.[Li]. The Balaban J connectivity index is 0.000000810. The first-order valence-corrected chi connectivity index (χ1v) is 3.90. The molecule has 2 heteroatoms. The number of rotatable bonds is 0. The topological polar surface area (TPSA) is 20.2 Å². The van der Waals surface area contributed by atoms with Crippen LogP contribution in [0.1, 0.15) is 33.1 Å². The van der Waals surface area contributed by atoms with Crippen LogP contribution < -0.4 is 0 Å². The molecule has 0 bridgehead atoms. The van der Waals surface area contributed by atoms with Crippen molar-refractivity contribution in [2.75, 3.05) is 0 Å². The third-order valence-corrected chi connectivity index (χ3v) is 2.66. The summed E-state index contributed by atoms with van der Waals surface area (Å²) in [5, 5.41) is 9.35. The van der Waals surface area contributed by atoms with Crippen molar-refractivity contribution < 1.29 is 5.11 Å². The zero-order valence-electron chi connectivity index (χ0n) is 7.30. The van der Waals surface area contributed by atoms with Crippen LogP contribution >= 0.6 is 0 Å². The first-order chi connectivity index (χ1) is 4.22. The molecule has 1 saturated carbocycles. The predicted octanol–water partition coefficient (Wildman–Crippen LogP) is 1.42. The first kappa shape index (κ1) is 10.6. The molecule has 3 atom stereocenters. The van der Waals surface area contributed by atoms with E-state index in [4.69, 9.17) is 0 Å². The van der Waals surface area contributed by atoms with Crippen molar-refractivity contribution in [1.82, 2.24) is 0 Å². The van der Waals surface area contributed by atoms with Crippen molar-refractivity contribution in [3.63, 3.8) is 0 Å². The van der Waals surface area contributed by atoms with E-state index in [1.165, 1.54) is 12.8 Å². The van der Waals surface area contributed by atoms with Crippen molar-refractivity contribution in [2.45, 2.75) is 39.2 Å². The normalized spacial score (nSPS) is 40.5. The minimum Gasteiger partial charge on any atom is -0.393 e. The third-order valence-electron chi connectivity index (χ3n) is 2.66. The van der Waals surface area contributed by atoms with E-state index in [0.29, 0.717) is 5.92 Å². The van der Waals surface area contributed by atoms with Crippen molar-refractivity contribution in [1.29, 1.82) is 0 Å². The van der Waals surface area contributed by atoms with Crippen LogP contribution in [0.5, 0.6) is 0 Å². The van der Waals surface area contributed by atoms with Crippen LogP contribution in [-0.4, -0.2) is 30.1 Å². The summed E-state index contributed by atoms with van der Waals surface area (Å²) in [6, 6.07) is 0. The van der Waals surface area contributed by atoms with Crippen molar-refractivity contribution in [3.8, 4) is 0 Å². The average Bonchev–Trinajstić information content (AvgIpc) is 1.83. The molecule has 3 unspecified atom stereocenters. The van der Waals surface area contributed by atoms with Crippen LogP contribution in [0, 0.1) is 11.8 Å². The molecule has 1 rings (SSSR count). The van der Waals surface area contributed by atoms with Crippen molar-refractivity contribution in [3.05, 3.63) is 0 Å². The van der Waals surface area contributed by atoms with Crippen LogP contribution in [0.2, 0.25) is 0 Å². The summed E-state index contributed by atoms with van der Waals surface area (Å²) in [7, 11) is 0. The van der Waals surface area contributed by atoms with Crippen LogP contribution in [0.25, 0.3) is 0 Å². The van der Waals surface area contributed by atoms with E-state index in [-0.39, 0.29) is 25.0 Å². The maximum atomic E-state index is 9.35. The number of aliphatic hydroxyl groups excluding tert-OH is 1. The standard InChI is InChI=1S/C8H16O.Li/c1-6-4-3-5-8(9)7(6)2;/h6-9H,3-5H2,1-2H3;. The predicted molar refractivity (Wildman–Crippen MR) is 43.9 cm³/mol. The van der Waals surface area contributed by atoms with Gasteiger partial charge in [0.25, 0.3) is 0 Å². The molecular weight excluding hydrogens is 119 g/mol. The molecule has 55 valence electrons. The molecular formula is C8H16LiO. The summed E-state index contributed by atoms with van der Waals surface area (Å²) in [6.45, 7) is 4.38. The minimum absolute atomic E-state index is 0. The smallest absolute Gasteiger partial charge is 0.0568 e. The zero-order valence-corrected chi connectivity index (χ0v) is 7.30. The molecule has 0 heterocycles. The summed E-state index contributed by atoms with van der Waals surface area (Å²) < 4.78 is 0. The molecule has 1 N–H and O–H groups in total. The van der Waals surface area contributed by atoms with Gasteiger partial charge in [-0.05, 0) is 18.3 Å². The van der Waals surface area contributed by atoms with E-state index < -0.39 is 0 Å². The van der Waals surface area contributed by atoms with Gasteiger partial charge < -0.3 is 5.11 Å². The molecule has 1 radical (unpaired) electrons. The van der Waals surface area contributed by atoms with Gasteiger partial charge in [-0.2, -0.15) is 0 Å².